The van der Waals surface area contributed by atoms with Gasteiger partial charge in [-0.3, -0.25) is 4.79 Å². The van der Waals surface area contributed by atoms with Crippen molar-refractivity contribution in [3.63, 3.8) is 0 Å². The summed E-state index contributed by atoms with van der Waals surface area (Å²) in [5.74, 6) is -0.189. The predicted octanol–water partition coefficient (Wildman–Crippen LogP) is 5.64. The van der Waals surface area contributed by atoms with Crippen LogP contribution >= 0.6 is 50.7 Å². The number of halogens is 4. The van der Waals surface area contributed by atoms with Crippen LogP contribution in [0.2, 0.25) is 15.1 Å². The van der Waals surface area contributed by atoms with E-state index >= 15 is 0 Å². The topological polar surface area (TPSA) is 17.1 Å². The van der Waals surface area contributed by atoms with E-state index in [1.165, 1.54) is 6.07 Å². The van der Waals surface area contributed by atoms with Gasteiger partial charge in [0.1, 0.15) is 0 Å². The van der Waals surface area contributed by atoms with Crippen molar-refractivity contribution in [2.45, 2.75) is 0 Å². The Morgan fingerprint density at radius 2 is 1.61 bits per heavy atom. The van der Waals surface area contributed by atoms with Crippen LogP contribution in [0.1, 0.15) is 15.9 Å². The SMILES string of the molecule is O=C(c1ccc(Cl)c(Cl)c1)c1ccc(Br)cc1Cl. The fourth-order valence-electron chi connectivity index (χ4n) is 1.47. The molecule has 0 bridgehead atoms. The second-order valence-corrected chi connectivity index (χ2v) is 5.72. The molecule has 0 saturated heterocycles. The Bertz CT molecular complexity index is 626. The lowest BCUT2D eigenvalue weighted by atomic mass is 10.0. The zero-order valence-corrected chi connectivity index (χ0v) is 12.7. The highest BCUT2D eigenvalue weighted by Gasteiger charge is 2.14. The summed E-state index contributed by atoms with van der Waals surface area (Å²) >= 11 is 21.0. The molecule has 2 aromatic rings. The van der Waals surface area contributed by atoms with E-state index in [0.717, 1.165) is 4.47 Å². The van der Waals surface area contributed by atoms with Crippen molar-refractivity contribution in [3.8, 4) is 0 Å². The molecule has 0 unspecified atom stereocenters. The van der Waals surface area contributed by atoms with Crippen molar-refractivity contribution in [2.75, 3.05) is 0 Å². The number of carbonyl (C=O) groups excluding carboxylic acids is 1. The molecular formula is C13H6BrCl3O. The molecule has 2 rings (SSSR count). The molecule has 0 aromatic heterocycles. The van der Waals surface area contributed by atoms with Crippen molar-refractivity contribution in [1.29, 1.82) is 0 Å². The summed E-state index contributed by atoms with van der Waals surface area (Å²) in [6, 6.07) is 9.84. The molecule has 0 aliphatic rings. The average molecular weight is 364 g/mol. The van der Waals surface area contributed by atoms with Crippen LogP contribution in [0.25, 0.3) is 0 Å². The Morgan fingerprint density at radius 3 is 2.22 bits per heavy atom. The molecule has 0 aliphatic heterocycles. The zero-order chi connectivity index (χ0) is 13.3. The molecule has 5 heteroatoms. The van der Waals surface area contributed by atoms with Gasteiger partial charge in [-0.2, -0.15) is 0 Å². The van der Waals surface area contributed by atoms with Gasteiger partial charge in [-0.15, -0.1) is 0 Å². The highest BCUT2D eigenvalue weighted by Crippen LogP contribution is 2.27. The maximum atomic E-state index is 12.2. The van der Waals surface area contributed by atoms with E-state index < -0.39 is 0 Å². The van der Waals surface area contributed by atoms with Gasteiger partial charge in [0.2, 0.25) is 0 Å². The molecule has 0 saturated carbocycles. The van der Waals surface area contributed by atoms with Gasteiger partial charge in [0.25, 0.3) is 0 Å². The van der Waals surface area contributed by atoms with E-state index in [1.54, 1.807) is 30.3 Å². The van der Waals surface area contributed by atoms with Gasteiger partial charge >= 0.3 is 0 Å². The summed E-state index contributed by atoms with van der Waals surface area (Å²) in [5.41, 5.74) is 0.881. The van der Waals surface area contributed by atoms with Crippen LogP contribution in [0.3, 0.4) is 0 Å². The van der Waals surface area contributed by atoms with Gasteiger partial charge in [0, 0.05) is 15.6 Å². The van der Waals surface area contributed by atoms with Crippen LogP contribution in [0, 0.1) is 0 Å². The molecule has 92 valence electrons. The lowest BCUT2D eigenvalue weighted by Crippen LogP contribution is -2.02. The Kier molecular flexibility index (Phi) is 4.33. The molecule has 2 aromatic carbocycles. The van der Waals surface area contributed by atoms with Crippen LogP contribution in [0.15, 0.2) is 40.9 Å². The van der Waals surface area contributed by atoms with Crippen molar-refractivity contribution < 1.29 is 4.79 Å². The number of carbonyl (C=O) groups is 1. The Labute approximate surface area is 128 Å². The first-order chi connectivity index (χ1) is 8.49. The van der Waals surface area contributed by atoms with Crippen LogP contribution in [0.5, 0.6) is 0 Å². The van der Waals surface area contributed by atoms with Crippen molar-refractivity contribution in [1.82, 2.24) is 0 Å². The average Bonchev–Trinajstić information content (AvgIpc) is 2.32. The molecule has 0 amide bonds. The van der Waals surface area contributed by atoms with E-state index in [4.69, 9.17) is 34.8 Å². The first-order valence-electron chi connectivity index (χ1n) is 4.94. The van der Waals surface area contributed by atoms with Gasteiger partial charge < -0.3 is 0 Å². The van der Waals surface area contributed by atoms with Crippen LogP contribution in [-0.2, 0) is 0 Å². The van der Waals surface area contributed by atoms with E-state index in [1.807, 2.05) is 0 Å². The molecule has 0 atom stereocenters. The highest BCUT2D eigenvalue weighted by molar-refractivity contribution is 9.10. The second kappa shape index (κ2) is 5.62. The Hall–Kier alpha value is -0.540. The third-order valence-electron chi connectivity index (χ3n) is 2.36. The number of hydrogen-bond acceptors (Lipinski definition) is 1. The summed E-state index contributed by atoms with van der Waals surface area (Å²) in [6.45, 7) is 0. The third-order valence-corrected chi connectivity index (χ3v) is 3.90. The summed E-state index contributed by atoms with van der Waals surface area (Å²) in [6.07, 6.45) is 0. The molecular weight excluding hydrogens is 358 g/mol. The number of hydrogen-bond donors (Lipinski definition) is 0. The third kappa shape index (κ3) is 2.89. The minimum absolute atomic E-state index is 0.189. The quantitative estimate of drug-likeness (QED) is 0.630. The summed E-state index contributed by atoms with van der Waals surface area (Å²) in [5, 5.41) is 1.14. The van der Waals surface area contributed by atoms with Gasteiger partial charge in [-0.05, 0) is 36.4 Å². The highest BCUT2D eigenvalue weighted by atomic mass is 79.9. The van der Waals surface area contributed by atoms with Crippen molar-refractivity contribution >= 4 is 56.5 Å². The molecule has 1 nitrogen and oxygen atoms in total. The number of ketones is 1. The van der Waals surface area contributed by atoms with E-state index in [0.29, 0.717) is 26.2 Å². The molecule has 18 heavy (non-hydrogen) atoms. The Morgan fingerprint density at radius 1 is 0.889 bits per heavy atom. The molecule has 0 radical (unpaired) electrons. The van der Waals surface area contributed by atoms with Gasteiger partial charge in [0.15, 0.2) is 5.78 Å². The minimum atomic E-state index is -0.189. The maximum absolute atomic E-state index is 12.2. The molecule has 0 aliphatic carbocycles. The van der Waals surface area contributed by atoms with Gasteiger partial charge in [-0.1, -0.05) is 50.7 Å². The van der Waals surface area contributed by atoms with Gasteiger partial charge in [-0.25, -0.2) is 0 Å². The monoisotopic (exact) mass is 362 g/mol. The Balaban J connectivity index is 2.44. The van der Waals surface area contributed by atoms with Crippen LogP contribution in [0.4, 0.5) is 0 Å². The van der Waals surface area contributed by atoms with E-state index in [2.05, 4.69) is 15.9 Å². The fraction of sp³-hybridized carbons (Fsp3) is 0. The normalized spacial score (nSPS) is 10.4. The summed E-state index contributed by atoms with van der Waals surface area (Å²) in [7, 11) is 0. The smallest absolute Gasteiger partial charge is 0.194 e. The van der Waals surface area contributed by atoms with E-state index in [9.17, 15) is 4.79 Å². The zero-order valence-electron chi connectivity index (χ0n) is 8.88. The first-order valence-corrected chi connectivity index (χ1v) is 6.86. The first kappa shape index (κ1) is 13.9. The van der Waals surface area contributed by atoms with Gasteiger partial charge in [0.05, 0.1) is 15.1 Å². The van der Waals surface area contributed by atoms with E-state index in [-0.39, 0.29) is 5.78 Å². The standard InChI is InChI=1S/C13H6BrCl3O/c14-8-2-3-9(11(16)6-8)13(18)7-1-4-10(15)12(17)5-7/h1-6H. The number of benzene rings is 2. The summed E-state index contributed by atoms with van der Waals surface area (Å²) in [4.78, 5) is 12.2. The predicted molar refractivity (Wildman–Crippen MR) is 79.0 cm³/mol. The lowest BCUT2D eigenvalue weighted by molar-refractivity contribution is 0.103. The molecule has 0 fully saturated rings. The molecule has 0 spiro atoms. The van der Waals surface area contributed by atoms with Crippen molar-refractivity contribution in [2.24, 2.45) is 0 Å². The van der Waals surface area contributed by atoms with Crippen LogP contribution < -0.4 is 0 Å². The second-order valence-electron chi connectivity index (χ2n) is 3.58. The van der Waals surface area contributed by atoms with Crippen LogP contribution in [-0.4, -0.2) is 5.78 Å². The molecule has 0 N–H and O–H groups in total. The maximum Gasteiger partial charge on any atom is 0.194 e. The molecule has 0 heterocycles. The lowest BCUT2D eigenvalue weighted by Gasteiger charge is -2.05. The fourth-order valence-corrected chi connectivity index (χ4v) is 2.52. The minimum Gasteiger partial charge on any atom is -0.289 e. The van der Waals surface area contributed by atoms with Crippen molar-refractivity contribution in [3.05, 3.63) is 67.1 Å². The number of rotatable bonds is 2. The largest absolute Gasteiger partial charge is 0.289 e. The summed E-state index contributed by atoms with van der Waals surface area (Å²) < 4.78 is 0.818.